The van der Waals surface area contributed by atoms with E-state index in [0.717, 1.165) is 12.1 Å². The summed E-state index contributed by atoms with van der Waals surface area (Å²) in [6.07, 6.45) is 3.68. The van der Waals surface area contributed by atoms with E-state index in [0.29, 0.717) is 6.61 Å². The zero-order chi connectivity index (χ0) is 24.0. The second kappa shape index (κ2) is 8.12. The number of fused-ring (bicyclic) bond motifs is 2. The van der Waals surface area contributed by atoms with Gasteiger partial charge in [0, 0.05) is 5.56 Å². The lowest BCUT2D eigenvalue weighted by molar-refractivity contribution is 0.325. The fourth-order valence-corrected chi connectivity index (χ4v) is 7.21. The van der Waals surface area contributed by atoms with Gasteiger partial charge in [0.1, 0.15) is 29.6 Å². The molecule has 11 heteroatoms. The summed E-state index contributed by atoms with van der Waals surface area (Å²) < 4.78 is 73.1. The second-order valence-electron chi connectivity index (χ2n) is 8.25. The summed E-state index contributed by atoms with van der Waals surface area (Å²) in [4.78, 5) is 12.2. The standard InChI is InChI=1S/C22H23F3N4O3S/c1-3-32-19-11-27-17(10-28-19)16(25)9-13-4-5-15(24)14(8-13)21(2)18-6-7-22(12-23,20(26)29-21)33(18,30)31/h4-5,8-11,18H,3,6-7,12H2,1-2H3,(H2,26,29)/b16-9-/t18-,21+,22-/m0/s1. The van der Waals surface area contributed by atoms with Crippen LogP contribution in [0.5, 0.6) is 5.88 Å². The topological polar surface area (TPSA) is 108 Å². The van der Waals surface area contributed by atoms with Gasteiger partial charge in [-0.05, 0) is 50.5 Å². The SMILES string of the molecule is CCOc1cnc(/C(F)=C/c2ccc(F)c([C@@]3(C)N=C(N)[C@@]4(CF)CC[C@@H]3S4(=O)=O)c2)cn1. The largest absolute Gasteiger partial charge is 0.477 e. The molecule has 0 radical (unpaired) electrons. The Morgan fingerprint density at radius 1 is 1.33 bits per heavy atom. The monoisotopic (exact) mass is 480 g/mol. The molecule has 1 aromatic carbocycles. The molecular formula is C22H23F3N4O3S. The smallest absolute Gasteiger partial charge is 0.232 e. The van der Waals surface area contributed by atoms with Crippen LogP contribution in [0.3, 0.4) is 0 Å². The number of aromatic nitrogens is 2. The van der Waals surface area contributed by atoms with Crippen LogP contribution in [0.1, 0.15) is 43.5 Å². The number of sulfone groups is 1. The van der Waals surface area contributed by atoms with E-state index < -0.39 is 43.7 Å². The average molecular weight is 481 g/mol. The van der Waals surface area contributed by atoms with E-state index in [4.69, 9.17) is 10.5 Å². The van der Waals surface area contributed by atoms with Gasteiger partial charge >= 0.3 is 0 Å². The number of ether oxygens (including phenoxy) is 1. The number of rotatable bonds is 6. The molecule has 2 N–H and O–H groups in total. The van der Waals surface area contributed by atoms with E-state index in [2.05, 4.69) is 15.0 Å². The van der Waals surface area contributed by atoms with Crippen LogP contribution in [0.25, 0.3) is 11.9 Å². The van der Waals surface area contributed by atoms with Gasteiger partial charge in [0.05, 0.1) is 24.3 Å². The van der Waals surface area contributed by atoms with E-state index in [9.17, 15) is 21.6 Å². The number of alkyl halides is 1. The third-order valence-electron chi connectivity index (χ3n) is 6.39. The number of hydrogen-bond acceptors (Lipinski definition) is 7. The van der Waals surface area contributed by atoms with Gasteiger partial charge in [-0.3, -0.25) is 4.99 Å². The molecule has 2 aliphatic heterocycles. The lowest BCUT2D eigenvalue weighted by Gasteiger charge is -2.39. The summed E-state index contributed by atoms with van der Waals surface area (Å²) in [5.41, 5.74) is 4.50. The number of nitrogens with two attached hydrogens (primary N) is 1. The fraction of sp³-hybridized carbons (Fsp3) is 0.409. The lowest BCUT2D eigenvalue weighted by atomic mass is 9.86. The fourth-order valence-electron chi connectivity index (χ4n) is 4.56. The summed E-state index contributed by atoms with van der Waals surface area (Å²) in [6, 6.07) is 3.77. The molecule has 1 fully saturated rings. The molecule has 0 saturated carbocycles. The van der Waals surface area contributed by atoms with Crippen LogP contribution in [0.15, 0.2) is 35.6 Å². The summed E-state index contributed by atoms with van der Waals surface area (Å²) in [5, 5.41) is -1.15. The summed E-state index contributed by atoms with van der Waals surface area (Å²) in [5.74, 6) is -1.56. The number of halogens is 3. The van der Waals surface area contributed by atoms with E-state index >= 15 is 0 Å². The van der Waals surface area contributed by atoms with Crippen LogP contribution in [0.4, 0.5) is 13.2 Å². The Kier molecular flexibility index (Phi) is 5.71. The van der Waals surface area contributed by atoms with Crippen molar-refractivity contribution in [2.75, 3.05) is 13.3 Å². The lowest BCUT2D eigenvalue weighted by Crippen LogP contribution is -2.58. The van der Waals surface area contributed by atoms with Crippen LogP contribution in [-0.2, 0) is 15.4 Å². The predicted octanol–water partition coefficient (Wildman–Crippen LogP) is 3.35. The Labute approximate surface area is 189 Å². The van der Waals surface area contributed by atoms with Crippen molar-refractivity contribution in [3.8, 4) is 5.88 Å². The van der Waals surface area contributed by atoms with Crippen LogP contribution < -0.4 is 10.5 Å². The molecule has 1 aromatic heterocycles. The molecule has 7 nitrogen and oxygen atoms in total. The minimum atomic E-state index is -4.07. The predicted molar refractivity (Wildman–Crippen MR) is 118 cm³/mol. The molecule has 1 saturated heterocycles. The zero-order valence-corrected chi connectivity index (χ0v) is 18.9. The van der Waals surface area contributed by atoms with Crippen LogP contribution in [0, 0.1) is 5.82 Å². The molecule has 0 amide bonds. The van der Waals surface area contributed by atoms with Crippen LogP contribution in [0.2, 0.25) is 0 Å². The Morgan fingerprint density at radius 3 is 2.73 bits per heavy atom. The van der Waals surface area contributed by atoms with Crippen molar-refractivity contribution < 1.29 is 26.3 Å². The van der Waals surface area contributed by atoms with E-state index in [1.807, 2.05) is 0 Å². The van der Waals surface area contributed by atoms with Crippen molar-refractivity contribution in [2.24, 2.45) is 10.7 Å². The minimum Gasteiger partial charge on any atom is -0.477 e. The van der Waals surface area contributed by atoms with E-state index in [-0.39, 0.29) is 41.4 Å². The van der Waals surface area contributed by atoms with E-state index in [1.165, 1.54) is 31.5 Å². The number of nitrogens with zero attached hydrogens (tertiary/aromatic N) is 3. The molecule has 0 aliphatic carbocycles. The Morgan fingerprint density at radius 2 is 2.09 bits per heavy atom. The van der Waals surface area contributed by atoms with Crippen molar-refractivity contribution in [1.29, 1.82) is 0 Å². The number of hydrogen-bond donors (Lipinski definition) is 1. The first-order chi connectivity index (χ1) is 15.6. The third kappa shape index (κ3) is 3.49. The number of aliphatic imine (C=N–C) groups is 1. The quantitative estimate of drug-likeness (QED) is 0.680. The first kappa shape index (κ1) is 23.2. The molecule has 4 rings (SSSR count). The maximum atomic E-state index is 14.9. The van der Waals surface area contributed by atoms with Crippen LogP contribution in [-0.4, -0.2) is 47.5 Å². The van der Waals surface area contributed by atoms with Gasteiger partial charge in [0.15, 0.2) is 20.4 Å². The van der Waals surface area contributed by atoms with Gasteiger partial charge in [0.25, 0.3) is 0 Å². The third-order valence-corrected chi connectivity index (χ3v) is 9.44. The Hall–Kier alpha value is -2.95. The van der Waals surface area contributed by atoms with Crippen molar-refractivity contribution >= 4 is 27.6 Å². The maximum Gasteiger partial charge on any atom is 0.232 e. The number of benzene rings is 1. The van der Waals surface area contributed by atoms with Gasteiger partial charge in [-0.1, -0.05) is 6.07 Å². The zero-order valence-electron chi connectivity index (χ0n) is 18.1. The first-order valence-electron chi connectivity index (χ1n) is 10.4. The Bertz CT molecular complexity index is 1250. The highest BCUT2D eigenvalue weighted by Gasteiger charge is 2.65. The molecule has 2 aromatic rings. The average Bonchev–Trinajstić information content (AvgIpc) is 2.99. The molecule has 0 spiro atoms. The van der Waals surface area contributed by atoms with Crippen molar-refractivity contribution in [1.82, 2.24) is 9.97 Å². The highest BCUT2D eigenvalue weighted by Crippen LogP contribution is 2.51. The van der Waals surface area contributed by atoms with Crippen molar-refractivity contribution in [3.63, 3.8) is 0 Å². The molecule has 3 heterocycles. The minimum absolute atomic E-state index is 0.0202. The second-order valence-corrected chi connectivity index (χ2v) is 10.7. The molecule has 176 valence electrons. The molecule has 33 heavy (non-hydrogen) atoms. The summed E-state index contributed by atoms with van der Waals surface area (Å²) in [7, 11) is -4.07. The molecule has 2 aliphatic rings. The normalized spacial score (nSPS) is 28.5. The molecule has 3 atom stereocenters. The molecular weight excluding hydrogens is 457 g/mol. The first-order valence-corrected chi connectivity index (χ1v) is 11.9. The van der Waals surface area contributed by atoms with Gasteiger partial charge in [0.2, 0.25) is 5.88 Å². The highest BCUT2D eigenvalue weighted by atomic mass is 32.2. The van der Waals surface area contributed by atoms with Crippen LogP contribution >= 0.6 is 0 Å². The Balaban J connectivity index is 1.75. The number of amidine groups is 1. The summed E-state index contributed by atoms with van der Waals surface area (Å²) in [6.45, 7) is 2.44. The van der Waals surface area contributed by atoms with Gasteiger partial charge < -0.3 is 10.5 Å². The maximum absolute atomic E-state index is 14.9. The van der Waals surface area contributed by atoms with Gasteiger partial charge in [-0.25, -0.2) is 31.6 Å². The molecule has 2 bridgehead atoms. The van der Waals surface area contributed by atoms with E-state index in [1.54, 1.807) is 6.92 Å². The van der Waals surface area contributed by atoms with Gasteiger partial charge in [-0.15, -0.1) is 0 Å². The van der Waals surface area contributed by atoms with Crippen molar-refractivity contribution in [2.45, 2.75) is 42.2 Å². The highest BCUT2D eigenvalue weighted by molar-refractivity contribution is 7.94. The summed E-state index contributed by atoms with van der Waals surface area (Å²) >= 11 is 0. The van der Waals surface area contributed by atoms with Crippen molar-refractivity contribution in [3.05, 3.63) is 53.2 Å². The van der Waals surface area contributed by atoms with Gasteiger partial charge in [-0.2, -0.15) is 0 Å². The molecule has 0 unspecified atom stereocenters.